The second-order valence-corrected chi connectivity index (χ2v) is 5.56. The van der Waals surface area contributed by atoms with Crippen LogP contribution >= 0.6 is 0 Å². The summed E-state index contributed by atoms with van der Waals surface area (Å²) in [5, 5.41) is 13.9. The zero-order chi connectivity index (χ0) is 15.4. The molecule has 0 radical (unpaired) electrons. The summed E-state index contributed by atoms with van der Waals surface area (Å²) < 4.78 is 5.70. The number of nitro groups is 1. The number of ether oxygens (including phenoxy) is 1. The van der Waals surface area contributed by atoms with E-state index in [2.05, 4.69) is 29.0 Å². The second-order valence-electron chi connectivity index (χ2n) is 5.56. The van der Waals surface area contributed by atoms with E-state index < -0.39 is 4.92 Å². The Kier molecular flexibility index (Phi) is 5.08. The molecule has 7 heteroatoms. The number of nitrogens with zero attached hydrogens (tertiary/aromatic N) is 3. The first-order valence-corrected chi connectivity index (χ1v) is 7.18. The van der Waals surface area contributed by atoms with E-state index in [0.29, 0.717) is 5.82 Å². The SMILES string of the molecule is Cc1cc([N+](=O)[O-])cnc1NCCN1C[C@@H](C)O[C@@H](C)C1. The molecule has 0 aliphatic carbocycles. The molecule has 0 bridgehead atoms. The third-order valence-electron chi connectivity index (χ3n) is 3.49. The van der Waals surface area contributed by atoms with E-state index in [1.807, 2.05) is 6.92 Å². The Hall–Kier alpha value is -1.73. The second kappa shape index (κ2) is 6.82. The summed E-state index contributed by atoms with van der Waals surface area (Å²) in [5.74, 6) is 0.704. The van der Waals surface area contributed by atoms with E-state index in [1.165, 1.54) is 12.3 Å². The average molecular weight is 294 g/mol. The maximum Gasteiger partial charge on any atom is 0.287 e. The normalized spacial score (nSPS) is 23.0. The Bertz CT molecular complexity index is 499. The predicted octanol–water partition coefficient (Wildman–Crippen LogP) is 1.82. The molecule has 1 aliphatic rings. The molecule has 1 aromatic rings. The first kappa shape index (κ1) is 15.7. The predicted molar refractivity (Wildman–Crippen MR) is 80.6 cm³/mol. The standard InChI is InChI=1S/C14H22N4O3/c1-10-6-13(18(19)20)7-16-14(10)15-4-5-17-8-11(2)21-12(3)9-17/h6-7,11-12H,4-5,8-9H2,1-3H3,(H,15,16)/t11-,12+. The third kappa shape index (κ3) is 4.37. The Morgan fingerprint density at radius 3 is 2.71 bits per heavy atom. The van der Waals surface area contributed by atoms with Gasteiger partial charge < -0.3 is 10.1 Å². The van der Waals surface area contributed by atoms with Crippen molar-refractivity contribution >= 4 is 11.5 Å². The summed E-state index contributed by atoms with van der Waals surface area (Å²) in [6, 6.07) is 1.54. The minimum absolute atomic E-state index is 0.0221. The number of anilines is 1. The Balaban J connectivity index is 1.84. The number of rotatable bonds is 5. The van der Waals surface area contributed by atoms with Gasteiger partial charge in [0.25, 0.3) is 5.69 Å². The van der Waals surface area contributed by atoms with Crippen molar-refractivity contribution < 1.29 is 9.66 Å². The summed E-state index contributed by atoms with van der Waals surface area (Å²) in [6.45, 7) is 9.50. The largest absolute Gasteiger partial charge is 0.373 e. The summed E-state index contributed by atoms with van der Waals surface area (Å²) in [5.41, 5.74) is 0.807. The number of aryl methyl sites for hydroxylation is 1. The topological polar surface area (TPSA) is 80.5 Å². The fraction of sp³-hybridized carbons (Fsp3) is 0.643. The molecule has 116 valence electrons. The lowest BCUT2D eigenvalue weighted by Gasteiger charge is -2.35. The number of hydrogen-bond donors (Lipinski definition) is 1. The molecule has 1 N–H and O–H groups in total. The van der Waals surface area contributed by atoms with Gasteiger partial charge in [0.05, 0.1) is 17.1 Å². The number of nitrogens with one attached hydrogen (secondary N) is 1. The maximum atomic E-state index is 10.7. The molecule has 0 spiro atoms. The van der Waals surface area contributed by atoms with Crippen molar-refractivity contribution in [3.63, 3.8) is 0 Å². The molecule has 1 aromatic heterocycles. The van der Waals surface area contributed by atoms with Gasteiger partial charge in [0.2, 0.25) is 0 Å². The van der Waals surface area contributed by atoms with Crippen LogP contribution in [0.15, 0.2) is 12.3 Å². The minimum Gasteiger partial charge on any atom is -0.373 e. The first-order valence-electron chi connectivity index (χ1n) is 7.18. The zero-order valence-electron chi connectivity index (χ0n) is 12.7. The Morgan fingerprint density at radius 2 is 2.14 bits per heavy atom. The number of aromatic nitrogens is 1. The highest BCUT2D eigenvalue weighted by atomic mass is 16.6. The van der Waals surface area contributed by atoms with Crippen LogP contribution in [0.5, 0.6) is 0 Å². The molecule has 0 aromatic carbocycles. The van der Waals surface area contributed by atoms with Gasteiger partial charge in [-0.3, -0.25) is 15.0 Å². The van der Waals surface area contributed by atoms with Crippen LogP contribution in [0.3, 0.4) is 0 Å². The molecule has 2 heterocycles. The van der Waals surface area contributed by atoms with E-state index in [9.17, 15) is 10.1 Å². The van der Waals surface area contributed by atoms with Gasteiger partial charge in [-0.15, -0.1) is 0 Å². The van der Waals surface area contributed by atoms with Gasteiger partial charge in [0.15, 0.2) is 0 Å². The van der Waals surface area contributed by atoms with E-state index in [4.69, 9.17) is 4.74 Å². The van der Waals surface area contributed by atoms with Gasteiger partial charge in [-0.05, 0) is 26.3 Å². The van der Waals surface area contributed by atoms with Crippen molar-refractivity contribution in [2.75, 3.05) is 31.5 Å². The molecule has 0 unspecified atom stereocenters. The third-order valence-corrected chi connectivity index (χ3v) is 3.49. The quantitative estimate of drug-likeness (QED) is 0.659. The summed E-state index contributed by atoms with van der Waals surface area (Å²) in [6.07, 6.45) is 1.80. The minimum atomic E-state index is -0.430. The van der Waals surface area contributed by atoms with Gasteiger partial charge in [-0.2, -0.15) is 0 Å². The molecule has 1 aliphatic heterocycles. The lowest BCUT2D eigenvalue weighted by molar-refractivity contribution is -0.385. The van der Waals surface area contributed by atoms with E-state index >= 15 is 0 Å². The molecule has 2 atom stereocenters. The van der Waals surface area contributed by atoms with E-state index in [0.717, 1.165) is 31.7 Å². The highest BCUT2D eigenvalue weighted by Gasteiger charge is 2.21. The lowest BCUT2D eigenvalue weighted by Crippen LogP contribution is -2.46. The van der Waals surface area contributed by atoms with Crippen molar-refractivity contribution in [1.29, 1.82) is 0 Å². The van der Waals surface area contributed by atoms with Crippen LogP contribution in [-0.2, 0) is 4.74 Å². The van der Waals surface area contributed by atoms with Gasteiger partial charge in [0, 0.05) is 32.2 Å². The lowest BCUT2D eigenvalue weighted by atomic mass is 10.2. The summed E-state index contributed by atoms with van der Waals surface area (Å²) >= 11 is 0. The molecular weight excluding hydrogens is 272 g/mol. The van der Waals surface area contributed by atoms with Gasteiger partial charge >= 0.3 is 0 Å². The molecule has 0 amide bonds. The average Bonchev–Trinajstić information content (AvgIpc) is 2.39. The van der Waals surface area contributed by atoms with Crippen LogP contribution in [0.25, 0.3) is 0 Å². The monoisotopic (exact) mass is 294 g/mol. The molecule has 2 rings (SSSR count). The molecule has 1 saturated heterocycles. The van der Waals surface area contributed by atoms with Gasteiger partial charge in [-0.25, -0.2) is 4.98 Å². The van der Waals surface area contributed by atoms with Crippen molar-refractivity contribution in [2.45, 2.75) is 33.0 Å². The first-order chi connectivity index (χ1) is 9.95. The van der Waals surface area contributed by atoms with Crippen LogP contribution in [-0.4, -0.2) is 53.2 Å². The van der Waals surface area contributed by atoms with Crippen molar-refractivity contribution in [2.24, 2.45) is 0 Å². The molecule has 0 saturated carbocycles. The van der Waals surface area contributed by atoms with Crippen molar-refractivity contribution in [3.8, 4) is 0 Å². The van der Waals surface area contributed by atoms with Crippen LogP contribution in [0.4, 0.5) is 11.5 Å². The van der Waals surface area contributed by atoms with Crippen LogP contribution in [0.1, 0.15) is 19.4 Å². The summed E-state index contributed by atoms with van der Waals surface area (Å²) in [4.78, 5) is 16.7. The van der Waals surface area contributed by atoms with Crippen LogP contribution in [0.2, 0.25) is 0 Å². The molecule has 1 fully saturated rings. The molecule has 7 nitrogen and oxygen atoms in total. The van der Waals surface area contributed by atoms with Crippen molar-refractivity contribution in [1.82, 2.24) is 9.88 Å². The highest BCUT2D eigenvalue weighted by Crippen LogP contribution is 2.17. The maximum absolute atomic E-state index is 10.7. The van der Waals surface area contributed by atoms with Crippen LogP contribution < -0.4 is 5.32 Å². The van der Waals surface area contributed by atoms with E-state index in [1.54, 1.807) is 0 Å². The molecular formula is C14H22N4O3. The van der Waals surface area contributed by atoms with E-state index in [-0.39, 0.29) is 17.9 Å². The fourth-order valence-electron chi connectivity index (χ4n) is 2.64. The smallest absolute Gasteiger partial charge is 0.287 e. The number of hydrogen-bond acceptors (Lipinski definition) is 6. The number of morpholine rings is 1. The van der Waals surface area contributed by atoms with Gasteiger partial charge in [0.1, 0.15) is 12.0 Å². The van der Waals surface area contributed by atoms with Crippen LogP contribution in [0, 0.1) is 17.0 Å². The fourth-order valence-corrected chi connectivity index (χ4v) is 2.64. The molecule has 21 heavy (non-hydrogen) atoms. The van der Waals surface area contributed by atoms with Crippen molar-refractivity contribution in [3.05, 3.63) is 27.9 Å². The van der Waals surface area contributed by atoms with Gasteiger partial charge in [-0.1, -0.05) is 0 Å². The summed E-state index contributed by atoms with van der Waals surface area (Å²) in [7, 11) is 0. The Labute approximate surface area is 124 Å². The zero-order valence-corrected chi connectivity index (χ0v) is 12.7. The highest BCUT2D eigenvalue weighted by molar-refractivity contribution is 5.48. The Morgan fingerprint density at radius 1 is 1.48 bits per heavy atom. The number of pyridine rings is 1.